The van der Waals surface area contributed by atoms with Crippen LogP contribution in [0.3, 0.4) is 0 Å². The number of aromatic nitrogens is 5. The second kappa shape index (κ2) is 8.12. The van der Waals surface area contributed by atoms with Crippen LogP contribution in [0.25, 0.3) is 22.6 Å². The molecule has 3 aromatic rings. The van der Waals surface area contributed by atoms with E-state index < -0.39 is 11.2 Å². The molecule has 1 aliphatic rings. The number of aryl methyl sites for hydroxylation is 1. The molecule has 0 bridgehead atoms. The number of fused-ring (bicyclic) bond motifs is 1. The topological polar surface area (TPSA) is 97.9 Å². The summed E-state index contributed by atoms with van der Waals surface area (Å²) in [6.07, 6.45) is 3.76. The fourth-order valence-corrected chi connectivity index (χ4v) is 3.65. The third-order valence-corrected chi connectivity index (χ3v) is 5.39. The lowest BCUT2D eigenvalue weighted by atomic mass is 10.2. The molecule has 4 rings (SSSR count). The van der Waals surface area contributed by atoms with Crippen LogP contribution in [-0.4, -0.2) is 55.4 Å². The molecule has 0 unspecified atom stereocenters. The van der Waals surface area contributed by atoms with Gasteiger partial charge in [-0.25, -0.2) is 9.78 Å². The van der Waals surface area contributed by atoms with Gasteiger partial charge in [-0.05, 0) is 63.2 Å². The summed E-state index contributed by atoms with van der Waals surface area (Å²) in [6, 6.07) is 7.74. The number of benzene rings is 1. The molecule has 1 aromatic carbocycles. The van der Waals surface area contributed by atoms with Gasteiger partial charge in [-0.1, -0.05) is 0 Å². The van der Waals surface area contributed by atoms with Crippen LogP contribution in [0.1, 0.15) is 19.3 Å². The third-order valence-electron chi connectivity index (χ3n) is 5.39. The average molecular weight is 395 g/mol. The fraction of sp³-hybridized carbons (Fsp3) is 0.450. The molecular formula is C20H25N7O2. The molecule has 0 aliphatic carbocycles. The molecule has 1 aliphatic heterocycles. The molecule has 29 heavy (non-hydrogen) atoms. The first-order chi connectivity index (χ1) is 14.0. The van der Waals surface area contributed by atoms with E-state index in [9.17, 15) is 9.59 Å². The summed E-state index contributed by atoms with van der Waals surface area (Å²) in [6.45, 7) is 4.52. The maximum Gasteiger partial charge on any atom is 0.332 e. The van der Waals surface area contributed by atoms with Gasteiger partial charge >= 0.3 is 5.69 Å². The van der Waals surface area contributed by atoms with Crippen LogP contribution in [0.4, 0.5) is 5.69 Å². The zero-order valence-electron chi connectivity index (χ0n) is 16.8. The van der Waals surface area contributed by atoms with Crippen molar-refractivity contribution in [2.75, 3.05) is 31.5 Å². The Morgan fingerprint density at radius 2 is 1.72 bits per heavy atom. The maximum absolute atomic E-state index is 12.4. The van der Waals surface area contributed by atoms with Crippen LogP contribution in [0.15, 0.2) is 33.9 Å². The summed E-state index contributed by atoms with van der Waals surface area (Å²) < 4.78 is 2.30. The van der Waals surface area contributed by atoms with E-state index in [1.807, 2.05) is 24.3 Å². The van der Waals surface area contributed by atoms with Crippen LogP contribution < -0.4 is 16.6 Å². The summed E-state index contributed by atoms with van der Waals surface area (Å²) in [7, 11) is 2.97. The summed E-state index contributed by atoms with van der Waals surface area (Å²) >= 11 is 0. The Kier molecular flexibility index (Phi) is 5.39. The number of rotatable bonds is 6. The van der Waals surface area contributed by atoms with Crippen LogP contribution in [0.5, 0.6) is 0 Å². The number of hydrogen-bond acceptors (Lipinski definition) is 7. The summed E-state index contributed by atoms with van der Waals surface area (Å²) in [5, 5.41) is 11.6. The van der Waals surface area contributed by atoms with E-state index in [0.29, 0.717) is 5.82 Å². The van der Waals surface area contributed by atoms with E-state index in [0.717, 1.165) is 35.3 Å². The quantitative estimate of drug-likeness (QED) is 0.622. The Balaban J connectivity index is 1.48. The van der Waals surface area contributed by atoms with Crippen LogP contribution >= 0.6 is 0 Å². The van der Waals surface area contributed by atoms with Crippen molar-refractivity contribution in [3.05, 3.63) is 45.1 Å². The molecular weight excluding hydrogens is 370 g/mol. The largest absolute Gasteiger partial charge is 0.385 e. The van der Waals surface area contributed by atoms with Crippen LogP contribution in [0, 0.1) is 0 Å². The first-order valence-electron chi connectivity index (χ1n) is 9.92. The highest BCUT2D eigenvalue weighted by Gasteiger charge is 2.14. The van der Waals surface area contributed by atoms with Gasteiger partial charge in [0.25, 0.3) is 5.56 Å². The van der Waals surface area contributed by atoms with Crippen molar-refractivity contribution in [3.63, 3.8) is 0 Å². The number of likely N-dealkylation sites (tertiary alicyclic amines) is 1. The van der Waals surface area contributed by atoms with Gasteiger partial charge in [-0.15, -0.1) is 10.2 Å². The standard InChI is InChI=1S/C20H25N7O2/c1-25-18-16(19(28)26(2)20(25)29)22-17(23-24-18)14-6-8-15(9-7-14)21-10-5-13-27-11-3-4-12-27/h6-9,21H,3-5,10-13H2,1-2H3. The molecule has 1 saturated heterocycles. The first-order valence-corrected chi connectivity index (χ1v) is 9.92. The molecule has 0 radical (unpaired) electrons. The van der Waals surface area contributed by atoms with E-state index >= 15 is 0 Å². The molecule has 9 nitrogen and oxygen atoms in total. The Bertz CT molecular complexity index is 1130. The lowest BCUT2D eigenvalue weighted by Gasteiger charge is -2.14. The lowest BCUT2D eigenvalue weighted by molar-refractivity contribution is 0.337. The molecule has 0 amide bonds. The minimum Gasteiger partial charge on any atom is -0.385 e. The molecule has 0 saturated carbocycles. The van der Waals surface area contributed by atoms with Crippen molar-refractivity contribution in [3.8, 4) is 11.4 Å². The highest BCUT2D eigenvalue weighted by molar-refractivity contribution is 5.71. The molecule has 0 atom stereocenters. The highest BCUT2D eigenvalue weighted by Crippen LogP contribution is 2.18. The lowest BCUT2D eigenvalue weighted by Crippen LogP contribution is -2.38. The predicted octanol–water partition coefficient (Wildman–Crippen LogP) is 0.987. The van der Waals surface area contributed by atoms with Crippen LogP contribution in [-0.2, 0) is 14.1 Å². The van der Waals surface area contributed by atoms with Crippen molar-refractivity contribution in [2.45, 2.75) is 19.3 Å². The summed E-state index contributed by atoms with van der Waals surface area (Å²) in [5.41, 5.74) is 1.17. The van der Waals surface area contributed by atoms with Gasteiger partial charge in [0.1, 0.15) is 0 Å². The number of nitrogens with one attached hydrogen (secondary N) is 1. The fourth-order valence-electron chi connectivity index (χ4n) is 3.65. The highest BCUT2D eigenvalue weighted by atomic mass is 16.2. The first kappa shape index (κ1) is 19.3. The van der Waals surface area contributed by atoms with Gasteiger partial charge in [-0.3, -0.25) is 13.9 Å². The van der Waals surface area contributed by atoms with Crippen molar-refractivity contribution < 1.29 is 0 Å². The van der Waals surface area contributed by atoms with E-state index in [1.54, 1.807) is 7.05 Å². The predicted molar refractivity (Wildman–Crippen MR) is 112 cm³/mol. The molecule has 1 fully saturated rings. The summed E-state index contributed by atoms with van der Waals surface area (Å²) in [5.74, 6) is 0.355. The van der Waals surface area contributed by atoms with E-state index in [2.05, 4.69) is 25.4 Å². The van der Waals surface area contributed by atoms with E-state index in [1.165, 1.54) is 37.5 Å². The van der Waals surface area contributed by atoms with E-state index in [4.69, 9.17) is 0 Å². The second-order valence-corrected chi connectivity index (χ2v) is 7.42. The van der Waals surface area contributed by atoms with Crippen molar-refractivity contribution >= 4 is 16.9 Å². The zero-order chi connectivity index (χ0) is 20.4. The maximum atomic E-state index is 12.4. The number of nitrogens with zero attached hydrogens (tertiary/aromatic N) is 6. The van der Waals surface area contributed by atoms with Gasteiger partial charge < -0.3 is 10.2 Å². The minimum absolute atomic E-state index is 0.128. The van der Waals surface area contributed by atoms with Gasteiger partial charge in [0.05, 0.1) is 0 Å². The van der Waals surface area contributed by atoms with E-state index in [-0.39, 0.29) is 11.2 Å². The second-order valence-electron chi connectivity index (χ2n) is 7.42. The van der Waals surface area contributed by atoms with Crippen molar-refractivity contribution in [2.24, 2.45) is 14.1 Å². The van der Waals surface area contributed by atoms with Crippen molar-refractivity contribution in [1.82, 2.24) is 29.2 Å². The molecule has 152 valence electrons. The normalized spacial score (nSPS) is 14.6. The number of anilines is 1. The third kappa shape index (κ3) is 3.91. The Hall–Kier alpha value is -3.07. The smallest absolute Gasteiger partial charge is 0.332 e. The molecule has 0 spiro atoms. The van der Waals surface area contributed by atoms with Gasteiger partial charge in [0, 0.05) is 31.9 Å². The Labute approximate surface area is 168 Å². The monoisotopic (exact) mass is 395 g/mol. The zero-order valence-corrected chi connectivity index (χ0v) is 16.8. The molecule has 1 N–H and O–H groups in total. The minimum atomic E-state index is -0.476. The Morgan fingerprint density at radius 1 is 1.00 bits per heavy atom. The molecule has 2 aromatic heterocycles. The summed E-state index contributed by atoms with van der Waals surface area (Å²) in [4.78, 5) is 31.3. The number of hydrogen-bond donors (Lipinski definition) is 1. The van der Waals surface area contributed by atoms with Gasteiger partial charge in [0.15, 0.2) is 17.0 Å². The van der Waals surface area contributed by atoms with Crippen molar-refractivity contribution in [1.29, 1.82) is 0 Å². The van der Waals surface area contributed by atoms with Gasteiger partial charge in [0.2, 0.25) is 0 Å². The van der Waals surface area contributed by atoms with Crippen LogP contribution in [0.2, 0.25) is 0 Å². The Morgan fingerprint density at radius 3 is 2.45 bits per heavy atom. The molecule has 9 heteroatoms. The molecule has 3 heterocycles. The SMILES string of the molecule is Cn1c(=O)c2nc(-c3ccc(NCCCN4CCCC4)cc3)nnc2n(C)c1=O. The van der Waals surface area contributed by atoms with Gasteiger partial charge in [-0.2, -0.15) is 0 Å². The average Bonchev–Trinajstić information content (AvgIpc) is 3.27.